The number of rotatable bonds is 7. The fourth-order valence-electron chi connectivity index (χ4n) is 2.34. The van der Waals surface area contributed by atoms with E-state index in [0.29, 0.717) is 19.3 Å². The molecule has 5 heteroatoms. The number of ether oxygens (including phenoxy) is 2. The van der Waals surface area contributed by atoms with Crippen LogP contribution in [-0.4, -0.2) is 50.5 Å². The van der Waals surface area contributed by atoms with Crippen LogP contribution in [0.15, 0.2) is 0 Å². The van der Waals surface area contributed by atoms with Gasteiger partial charge in [0.25, 0.3) is 0 Å². The van der Waals surface area contributed by atoms with E-state index in [1.165, 1.54) is 25.7 Å². The van der Waals surface area contributed by atoms with Gasteiger partial charge >= 0.3 is 0 Å². The van der Waals surface area contributed by atoms with Gasteiger partial charge in [-0.05, 0) is 19.8 Å². The Morgan fingerprint density at radius 2 is 2.11 bits per heavy atom. The molecule has 1 saturated heterocycles. The Bertz CT molecular complexity index is 273. The van der Waals surface area contributed by atoms with Crippen molar-refractivity contribution in [2.75, 3.05) is 32.8 Å². The Hall–Kier alpha value is -0.650. The van der Waals surface area contributed by atoms with Crippen molar-refractivity contribution in [3.8, 4) is 0 Å². The van der Waals surface area contributed by atoms with Gasteiger partial charge in [-0.3, -0.25) is 4.79 Å². The third-order valence-electron chi connectivity index (χ3n) is 3.63. The standard InChI is InChI=1S/C13H24N2O3/c1-13(9-14-10-13)18-8-12(16)15-6-7-17-11-4-2-3-5-11/h11,14H,2-10H2,1H3,(H,15,16). The van der Waals surface area contributed by atoms with Gasteiger partial charge in [0.2, 0.25) is 5.91 Å². The van der Waals surface area contributed by atoms with Gasteiger partial charge in [0.05, 0.1) is 18.3 Å². The van der Waals surface area contributed by atoms with Gasteiger partial charge in [-0.2, -0.15) is 0 Å². The molecule has 0 aromatic heterocycles. The minimum atomic E-state index is -0.155. The molecular formula is C13H24N2O3. The minimum Gasteiger partial charge on any atom is -0.376 e. The number of hydrogen-bond donors (Lipinski definition) is 2. The molecule has 0 bridgehead atoms. The van der Waals surface area contributed by atoms with E-state index >= 15 is 0 Å². The van der Waals surface area contributed by atoms with Crippen LogP contribution in [0.5, 0.6) is 0 Å². The summed E-state index contributed by atoms with van der Waals surface area (Å²) in [5.41, 5.74) is -0.155. The Morgan fingerprint density at radius 3 is 2.72 bits per heavy atom. The average molecular weight is 256 g/mol. The van der Waals surface area contributed by atoms with Gasteiger partial charge in [-0.25, -0.2) is 0 Å². The molecule has 18 heavy (non-hydrogen) atoms. The van der Waals surface area contributed by atoms with Crippen LogP contribution in [-0.2, 0) is 14.3 Å². The number of amides is 1. The smallest absolute Gasteiger partial charge is 0.246 e. The SMILES string of the molecule is CC1(OCC(=O)NCCOC2CCCC2)CNC1. The van der Waals surface area contributed by atoms with E-state index in [-0.39, 0.29) is 18.1 Å². The molecule has 1 aliphatic carbocycles. The first kappa shape index (κ1) is 13.8. The molecule has 0 aromatic carbocycles. The van der Waals surface area contributed by atoms with E-state index in [4.69, 9.17) is 9.47 Å². The summed E-state index contributed by atoms with van der Waals surface area (Å²) in [7, 11) is 0. The summed E-state index contributed by atoms with van der Waals surface area (Å²) in [4.78, 5) is 11.5. The van der Waals surface area contributed by atoms with Crippen molar-refractivity contribution in [3.63, 3.8) is 0 Å². The zero-order valence-electron chi connectivity index (χ0n) is 11.2. The van der Waals surface area contributed by atoms with Crippen LogP contribution < -0.4 is 10.6 Å². The van der Waals surface area contributed by atoms with E-state index in [2.05, 4.69) is 10.6 Å². The summed E-state index contributed by atoms with van der Waals surface area (Å²) in [5, 5.41) is 5.95. The van der Waals surface area contributed by atoms with E-state index < -0.39 is 0 Å². The molecule has 0 atom stereocenters. The zero-order chi connectivity index (χ0) is 12.8. The monoisotopic (exact) mass is 256 g/mol. The average Bonchev–Trinajstić information content (AvgIpc) is 2.82. The van der Waals surface area contributed by atoms with Crippen LogP contribution >= 0.6 is 0 Å². The van der Waals surface area contributed by atoms with Crippen LogP contribution in [0.1, 0.15) is 32.6 Å². The molecule has 2 fully saturated rings. The lowest BCUT2D eigenvalue weighted by Crippen LogP contribution is -2.59. The summed E-state index contributed by atoms with van der Waals surface area (Å²) < 4.78 is 11.2. The van der Waals surface area contributed by atoms with Crippen molar-refractivity contribution >= 4 is 5.91 Å². The normalized spacial score (nSPS) is 22.7. The summed E-state index contributed by atoms with van der Waals surface area (Å²) in [5.74, 6) is -0.0573. The second-order valence-corrected chi connectivity index (χ2v) is 5.47. The number of carbonyl (C=O) groups is 1. The van der Waals surface area contributed by atoms with Crippen molar-refractivity contribution in [2.24, 2.45) is 0 Å². The second-order valence-electron chi connectivity index (χ2n) is 5.47. The molecule has 104 valence electrons. The molecule has 5 nitrogen and oxygen atoms in total. The molecule has 0 unspecified atom stereocenters. The van der Waals surface area contributed by atoms with Gasteiger partial charge in [0.15, 0.2) is 0 Å². The first-order valence-corrected chi connectivity index (χ1v) is 6.91. The maximum absolute atomic E-state index is 11.5. The van der Waals surface area contributed by atoms with E-state index in [9.17, 15) is 4.79 Å². The number of hydrogen-bond acceptors (Lipinski definition) is 4. The third kappa shape index (κ3) is 4.23. The predicted molar refractivity (Wildman–Crippen MR) is 68.4 cm³/mol. The lowest BCUT2D eigenvalue weighted by Gasteiger charge is -2.38. The van der Waals surface area contributed by atoms with E-state index in [1.54, 1.807) is 0 Å². The molecule has 1 heterocycles. The van der Waals surface area contributed by atoms with Crippen molar-refractivity contribution < 1.29 is 14.3 Å². The lowest BCUT2D eigenvalue weighted by molar-refractivity contribution is -0.136. The van der Waals surface area contributed by atoms with Crippen LogP contribution in [0.4, 0.5) is 0 Å². The summed E-state index contributed by atoms with van der Waals surface area (Å²) in [6, 6.07) is 0. The van der Waals surface area contributed by atoms with Crippen LogP contribution in [0.25, 0.3) is 0 Å². The molecule has 1 aliphatic heterocycles. The largest absolute Gasteiger partial charge is 0.376 e. The summed E-state index contributed by atoms with van der Waals surface area (Å²) in [6.45, 7) is 4.99. The summed E-state index contributed by atoms with van der Waals surface area (Å²) in [6.07, 6.45) is 5.30. The molecular weight excluding hydrogens is 232 g/mol. The molecule has 0 radical (unpaired) electrons. The van der Waals surface area contributed by atoms with Crippen molar-refractivity contribution in [1.82, 2.24) is 10.6 Å². The first-order valence-electron chi connectivity index (χ1n) is 6.91. The third-order valence-corrected chi connectivity index (χ3v) is 3.63. The lowest BCUT2D eigenvalue weighted by atomic mass is 10.0. The van der Waals surface area contributed by atoms with Crippen molar-refractivity contribution in [3.05, 3.63) is 0 Å². The Morgan fingerprint density at radius 1 is 1.39 bits per heavy atom. The Balaban J connectivity index is 1.46. The first-order chi connectivity index (χ1) is 8.68. The molecule has 0 aromatic rings. The quantitative estimate of drug-likeness (QED) is 0.649. The van der Waals surface area contributed by atoms with Crippen LogP contribution in [0.2, 0.25) is 0 Å². The summed E-state index contributed by atoms with van der Waals surface area (Å²) >= 11 is 0. The van der Waals surface area contributed by atoms with Crippen molar-refractivity contribution in [2.45, 2.75) is 44.3 Å². The molecule has 2 aliphatic rings. The maximum Gasteiger partial charge on any atom is 0.246 e. The predicted octanol–water partition coefficient (Wildman–Crippen LogP) is 0.440. The van der Waals surface area contributed by atoms with Crippen molar-refractivity contribution in [1.29, 1.82) is 0 Å². The highest BCUT2D eigenvalue weighted by Gasteiger charge is 2.32. The van der Waals surface area contributed by atoms with Crippen LogP contribution in [0.3, 0.4) is 0 Å². The maximum atomic E-state index is 11.5. The second kappa shape index (κ2) is 6.50. The highest BCUT2D eigenvalue weighted by Crippen LogP contribution is 2.20. The van der Waals surface area contributed by atoms with Gasteiger partial charge in [-0.1, -0.05) is 12.8 Å². The molecule has 1 saturated carbocycles. The number of nitrogens with one attached hydrogen (secondary N) is 2. The highest BCUT2D eigenvalue weighted by molar-refractivity contribution is 5.77. The van der Waals surface area contributed by atoms with Crippen LogP contribution in [0, 0.1) is 0 Å². The molecule has 1 amide bonds. The number of carbonyl (C=O) groups excluding carboxylic acids is 1. The fourth-order valence-corrected chi connectivity index (χ4v) is 2.34. The molecule has 2 rings (SSSR count). The zero-order valence-corrected chi connectivity index (χ0v) is 11.2. The highest BCUT2D eigenvalue weighted by atomic mass is 16.5. The topological polar surface area (TPSA) is 59.6 Å². The van der Waals surface area contributed by atoms with Gasteiger partial charge in [0, 0.05) is 19.6 Å². The van der Waals surface area contributed by atoms with Gasteiger partial charge in [-0.15, -0.1) is 0 Å². The fraction of sp³-hybridized carbons (Fsp3) is 0.923. The van der Waals surface area contributed by atoms with Gasteiger partial charge in [0.1, 0.15) is 6.61 Å². The van der Waals surface area contributed by atoms with Gasteiger partial charge < -0.3 is 20.1 Å². The Kier molecular flexibility index (Phi) is 4.97. The van der Waals surface area contributed by atoms with E-state index in [1.807, 2.05) is 6.92 Å². The molecule has 0 spiro atoms. The Labute approximate surface area is 109 Å². The molecule has 2 N–H and O–H groups in total. The van der Waals surface area contributed by atoms with E-state index in [0.717, 1.165) is 13.1 Å². The minimum absolute atomic E-state index is 0.0573.